The van der Waals surface area contributed by atoms with Crippen molar-refractivity contribution in [3.63, 3.8) is 0 Å². The third-order valence-electron chi connectivity index (χ3n) is 3.30. The van der Waals surface area contributed by atoms with Crippen LogP contribution in [-0.2, 0) is 10.7 Å². The van der Waals surface area contributed by atoms with Crippen LogP contribution >= 0.6 is 0 Å². The molecule has 0 radical (unpaired) electrons. The van der Waals surface area contributed by atoms with E-state index in [2.05, 4.69) is 0 Å². The van der Waals surface area contributed by atoms with Crippen LogP contribution in [0, 0.1) is 0 Å². The highest BCUT2D eigenvalue weighted by atomic mass is 19.3. The van der Waals surface area contributed by atoms with Crippen molar-refractivity contribution in [1.82, 2.24) is 0 Å². The van der Waals surface area contributed by atoms with E-state index in [-0.39, 0.29) is 18.4 Å². The zero-order valence-corrected chi connectivity index (χ0v) is 11.4. The summed E-state index contributed by atoms with van der Waals surface area (Å²) >= 11 is 0. The molecule has 110 valence electrons. The molecule has 0 aliphatic heterocycles. The van der Waals surface area contributed by atoms with Gasteiger partial charge in [0.2, 0.25) is 0 Å². The molecule has 21 heavy (non-hydrogen) atoms. The van der Waals surface area contributed by atoms with Crippen molar-refractivity contribution < 1.29 is 18.7 Å². The summed E-state index contributed by atoms with van der Waals surface area (Å²) in [6, 6.07) is 15.7. The van der Waals surface area contributed by atoms with Crippen molar-refractivity contribution in [2.75, 3.05) is 0 Å². The van der Waals surface area contributed by atoms with Gasteiger partial charge in [-0.2, -0.15) is 0 Å². The maximum atomic E-state index is 13.9. The van der Waals surface area contributed by atoms with Crippen LogP contribution in [0.4, 0.5) is 8.78 Å². The van der Waals surface area contributed by atoms with E-state index in [0.717, 1.165) is 11.1 Å². The Labute approximate surface area is 122 Å². The first-order valence-corrected chi connectivity index (χ1v) is 6.74. The second kappa shape index (κ2) is 6.48. The predicted octanol–water partition coefficient (Wildman–Crippen LogP) is 4.70. The molecule has 0 saturated carbocycles. The lowest BCUT2D eigenvalue weighted by molar-refractivity contribution is -0.137. The summed E-state index contributed by atoms with van der Waals surface area (Å²) in [6.45, 7) is 0. The Morgan fingerprint density at radius 1 is 0.952 bits per heavy atom. The molecule has 0 heterocycles. The molecular formula is C17H16F2O2. The third kappa shape index (κ3) is 4.12. The second-order valence-corrected chi connectivity index (χ2v) is 4.90. The summed E-state index contributed by atoms with van der Waals surface area (Å²) in [5, 5.41) is 8.50. The van der Waals surface area contributed by atoms with Crippen LogP contribution in [-0.4, -0.2) is 11.1 Å². The highest BCUT2D eigenvalue weighted by molar-refractivity contribution is 5.66. The minimum absolute atomic E-state index is 0.0389. The quantitative estimate of drug-likeness (QED) is 0.837. The van der Waals surface area contributed by atoms with Crippen molar-refractivity contribution in [2.45, 2.75) is 25.2 Å². The maximum Gasteiger partial charge on any atom is 0.303 e. The highest BCUT2D eigenvalue weighted by Gasteiger charge is 2.30. The van der Waals surface area contributed by atoms with Gasteiger partial charge in [-0.1, -0.05) is 54.6 Å². The lowest BCUT2D eigenvalue weighted by atomic mass is 9.99. The Morgan fingerprint density at radius 3 is 2.10 bits per heavy atom. The number of halogens is 2. The average molecular weight is 290 g/mol. The largest absolute Gasteiger partial charge is 0.481 e. The summed E-state index contributed by atoms with van der Waals surface area (Å²) in [5.41, 5.74) is 1.77. The van der Waals surface area contributed by atoms with E-state index < -0.39 is 18.3 Å². The number of alkyl halides is 2. The van der Waals surface area contributed by atoms with Crippen molar-refractivity contribution in [1.29, 1.82) is 0 Å². The molecule has 2 aromatic rings. The van der Waals surface area contributed by atoms with Gasteiger partial charge >= 0.3 is 5.97 Å². The standard InChI is InChI=1S/C17H16F2O2/c18-17(19,12-4-7-16(20)21)15-10-8-14(9-11-15)13-5-2-1-3-6-13/h1-3,5-6,8-11H,4,7,12H2,(H,20,21). The summed E-state index contributed by atoms with van der Waals surface area (Å²) in [7, 11) is 0. The smallest absolute Gasteiger partial charge is 0.303 e. The average Bonchev–Trinajstić information content (AvgIpc) is 2.48. The Hall–Kier alpha value is -2.23. The molecule has 0 fully saturated rings. The molecule has 0 saturated heterocycles. The summed E-state index contributed by atoms with van der Waals surface area (Å²) in [4.78, 5) is 10.4. The van der Waals surface area contributed by atoms with Crippen LogP contribution in [0.2, 0.25) is 0 Å². The van der Waals surface area contributed by atoms with Gasteiger partial charge < -0.3 is 5.11 Å². The molecule has 4 heteroatoms. The molecule has 0 aromatic heterocycles. The normalized spacial score (nSPS) is 11.3. The molecule has 0 bridgehead atoms. The predicted molar refractivity (Wildman–Crippen MR) is 77.3 cm³/mol. The van der Waals surface area contributed by atoms with E-state index in [9.17, 15) is 13.6 Å². The minimum atomic E-state index is -3.00. The lowest BCUT2D eigenvalue weighted by Crippen LogP contribution is -2.13. The first kappa shape index (κ1) is 15.2. The van der Waals surface area contributed by atoms with E-state index >= 15 is 0 Å². The van der Waals surface area contributed by atoms with Gasteiger partial charge in [-0.05, 0) is 17.5 Å². The number of carbonyl (C=O) groups is 1. The molecule has 0 aliphatic rings. The monoisotopic (exact) mass is 290 g/mol. The molecule has 2 aromatic carbocycles. The van der Waals surface area contributed by atoms with Gasteiger partial charge in [0.25, 0.3) is 5.92 Å². The molecule has 0 spiro atoms. The molecule has 0 amide bonds. The van der Waals surface area contributed by atoms with E-state index in [1.165, 1.54) is 12.1 Å². The first-order chi connectivity index (χ1) is 9.99. The molecule has 2 nitrogen and oxygen atoms in total. The molecule has 1 N–H and O–H groups in total. The van der Waals surface area contributed by atoms with Gasteiger partial charge in [0.1, 0.15) is 0 Å². The van der Waals surface area contributed by atoms with Gasteiger partial charge in [0, 0.05) is 18.4 Å². The fourth-order valence-electron chi connectivity index (χ4n) is 2.14. The van der Waals surface area contributed by atoms with Crippen LogP contribution in [0.25, 0.3) is 11.1 Å². The first-order valence-electron chi connectivity index (χ1n) is 6.74. The molecule has 0 aliphatic carbocycles. The molecule has 0 atom stereocenters. The Kier molecular flexibility index (Phi) is 4.68. The van der Waals surface area contributed by atoms with Crippen LogP contribution in [0.15, 0.2) is 54.6 Å². The molecular weight excluding hydrogens is 274 g/mol. The van der Waals surface area contributed by atoms with Crippen molar-refractivity contribution in [2.24, 2.45) is 0 Å². The van der Waals surface area contributed by atoms with Crippen LogP contribution in [0.3, 0.4) is 0 Å². The van der Waals surface area contributed by atoms with Crippen LogP contribution < -0.4 is 0 Å². The van der Waals surface area contributed by atoms with E-state index in [4.69, 9.17) is 5.11 Å². The lowest BCUT2D eigenvalue weighted by Gasteiger charge is -2.16. The number of hydrogen-bond donors (Lipinski definition) is 1. The summed E-state index contributed by atoms with van der Waals surface area (Å²) in [6.07, 6.45) is -0.732. The van der Waals surface area contributed by atoms with Gasteiger partial charge in [0.05, 0.1) is 0 Å². The second-order valence-electron chi connectivity index (χ2n) is 4.90. The van der Waals surface area contributed by atoms with E-state index in [1.807, 2.05) is 30.3 Å². The van der Waals surface area contributed by atoms with E-state index in [1.54, 1.807) is 12.1 Å². The van der Waals surface area contributed by atoms with Gasteiger partial charge in [-0.25, -0.2) is 8.78 Å². The number of rotatable bonds is 6. The summed E-state index contributed by atoms with van der Waals surface area (Å²) < 4.78 is 27.9. The fraction of sp³-hybridized carbons (Fsp3) is 0.235. The van der Waals surface area contributed by atoms with Gasteiger partial charge in [0.15, 0.2) is 0 Å². The number of carboxylic acid groups (broad SMARTS) is 1. The van der Waals surface area contributed by atoms with Crippen molar-refractivity contribution >= 4 is 5.97 Å². The zero-order chi connectivity index (χ0) is 15.3. The van der Waals surface area contributed by atoms with E-state index in [0.29, 0.717) is 0 Å². The van der Waals surface area contributed by atoms with Crippen LogP contribution in [0.1, 0.15) is 24.8 Å². The highest BCUT2D eigenvalue weighted by Crippen LogP contribution is 2.34. The van der Waals surface area contributed by atoms with Gasteiger partial charge in [-0.15, -0.1) is 0 Å². The van der Waals surface area contributed by atoms with Crippen molar-refractivity contribution in [3.8, 4) is 11.1 Å². The number of benzene rings is 2. The Balaban J connectivity index is 2.09. The van der Waals surface area contributed by atoms with Crippen LogP contribution in [0.5, 0.6) is 0 Å². The SMILES string of the molecule is O=C(O)CCCC(F)(F)c1ccc(-c2ccccc2)cc1. The number of carboxylic acids is 1. The number of aliphatic carboxylic acids is 1. The number of hydrogen-bond acceptors (Lipinski definition) is 1. The van der Waals surface area contributed by atoms with Gasteiger partial charge in [-0.3, -0.25) is 4.79 Å². The summed E-state index contributed by atoms with van der Waals surface area (Å²) in [5.74, 6) is -4.05. The molecule has 2 rings (SSSR count). The topological polar surface area (TPSA) is 37.3 Å². The fourth-order valence-corrected chi connectivity index (χ4v) is 2.14. The van der Waals surface area contributed by atoms with Crippen molar-refractivity contribution in [3.05, 3.63) is 60.2 Å². The Bertz CT molecular complexity index is 592. The molecule has 0 unspecified atom stereocenters. The third-order valence-corrected chi connectivity index (χ3v) is 3.30. The minimum Gasteiger partial charge on any atom is -0.481 e. The zero-order valence-electron chi connectivity index (χ0n) is 11.4. The maximum absolute atomic E-state index is 13.9. The Morgan fingerprint density at radius 2 is 1.52 bits per heavy atom.